The lowest BCUT2D eigenvalue weighted by Crippen LogP contribution is -2.38. The molecule has 0 atom stereocenters. The number of carbonyl (C=O) groups is 2. The topological polar surface area (TPSA) is 88.5 Å². The molecule has 2 saturated heterocycles. The first-order chi connectivity index (χ1) is 21.7. The van der Waals surface area contributed by atoms with Gasteiger partial charge in [0, 0.05) is 43.4 Å². The minimum atomic E-state index is -0.989. The largest absolute Gasteiger partial charge is 0.492 e. The number of benzene rings is 3. The highest BCUT2D eigenvalue weighted by atomic mass is 32.2. The van der Waals surface area contributed by atoms with Crippen molar-refractivity contribution >= 4 is 46.3 Å². The number of thiocarbonyl (C=S) groups is 1. The number of aromatic carboxylic acids is 1. The second-order valence-electron chi connectivity index (χ2n) is 10.9. The number of ether oxygens (including phenoxy) is 3. The van der Waals surface area contributed by atoms with E-state index in [4.69, 9.17) is 31.5 Å². The maximum absolute atomic E-state index is 15.2. The smallest absolute Gasteiger partial charge is 0.335 e. The van der Waals surface area contributed by atoms with E-state index < -0.39 is 11.8 Å². The van der Waals surface area contributed by atoms with Crippen molar-refractivity contribution in [1.29, 1.82) is 0 Å². The molecule has 2 aliphatic heterocycles. The van der Waals surface area contributed by atoms with Crippen LogP contribution in [0.5, 0.6) is 11.5 Å². The summed E-state index contributed by atoms with van der Waals surface area (Å²) in [5, 5.41) is 9.14. The van der Waals surface area contributed by atoms with Crippen molar-refractivity contribution in [3.8, 4) is 22.6 Å². The molecule has 3 aromatic rings. The third kappa shape index (κ3) is 8.49. The molecule has 0 saturated carbocycles. The van der Waals surface area contributed by atoms with E-state index in [1.54, 1.807) is 53.4 Å². The van der Waals surface area contributed by atoms with Gasteiger partial charge < -0.3 is 19.3 Å². The van der Waals surface area contributed by atoms with Crippen LogP contribution in [0.2, 0.25) is 0 Å². The van der Waals surface area contributed by atoms with E-state index in [9.17, 15) is 9.59 Å². The lowest BCUT2D eigenvalue weighted by molar-refractivity contribution is -0.122. The summed E-state index contributed by atoms with van der Waals surface area (Å²) in [6.07, 6.45) is 2.19. The quantitative estimate of drug-likeness (QED) is 0.184. The zero-order valence-electron chi connectivity index (χ0n) is 25.2. The number of morpholine rings is 1. The molecule has 11 heteroatoms. The van der Waals surface area contributed by atoms with Crippen molar-refractivity contribution < 1.29 is 33.3 Å². The lowest BCUT2D eigenvalue weighted by Gasteiger charge is -2.26. The van der Waals surface area contributed by atoms with Crippen molar-refractivity contribution in [3.63, 3.8) is 0 Å². The average Bonchev–Trinajstić information content (AvgIpc) is 3.28. The first-order valence-electron chi connectivity index (χ1n) is 14.8. The van der Waals surface area contributed by atoms with Crippen LogP contribution in [-0.4, -0.2) is 83.2 Å². The average molecular weight is 651 g/mol. The van der Waals surface area contributed by atoms with Crippen LogP contribution in [0, 0.1) is 5.82 Å². The zero-order valence-corrected chi connectivity index (χ0v) is 26.8. The number of rotatable bonds is 12. The number of halogens is 1. The predicted molar refractivity (Wildman–Crippen MR) is 177 cm³/mol. The number of carbonyl (C=O) groups excluding carboxylic acids is 1. The Kier molecular flexibility index (Phi) is 10.9. The third-order valence-corrected chi connectivity index (χ3v) is 8.76. The van der Waals surface area contributed by atoms with Crippen LogP contribution in [0.25, 0.3) is 17.2 Å². The minimum absolute atomic E-state index is 0.0769. The van der Waals surface area contributed by atoms with Gasteiger partial charge in [0.2, 0.25) is 0 Å². The van der Waals surface area contributed by atoms with E-state index in [0.717, 1.165) is 25.2 Å². The Labute approximate surface area is 271 Å². The molecule has 2 aliphatic rings. The molecule has 8 nitrogen and oxygen atoms in total. The summed E-state index contributed by atoms with van der Waals surface area (Å²) >= 11 is 6.77. The zero-order chi connectivity index (χ0) is 31.9. The standard InChI is InChI=1S/C34H35FN2O6S2/c1-22(2)43-27-8-9-28(29(35)21-27)25-7-10-30(42-18-15-36-13-16-41-17-14-36)26(19-25)20-31-32(38)37(34(44)45-31)12-11-23-3-5-24(6-4-23)33(39)40/h3-10,19-22H,11-18H2,1-2H3,(H,39,40). The second kappa shape index (κ2) is 15.0. The first kappa shape index (κ1) is 32.6. The Balaban J connectivity index is 1.37. The fourth-order valence-electron chi connectivity index (χ4n) is 5.03. The number of hydrogen-bond acceptors (Lipinski definition) is 8. The van der Waals surface area contributed by atoms with E-state index in [1.807, 2.05) is 26.0 Å². The highest BCUT2D eigenvalue weighted by Gasteiger charge is 2.32. The van der Waals surface area contributed by atoms with Gasteiger partial charge in [-0.05, 0) is 73.9 Å². The molecule has 0 unspecified atom stereocenters. The molecule has 45 heavy (non-hydrogen) atoms. The van der Waals surface area contributed by atoms with Gasteiger partial charge in [-0.2, -0.15) is 0 Å². The maximum atomic E-state index is 15.2. The molecular formula is C34H35FN2O6S2. The fourth-order valence-corrected chi connectivity index (χ4v) is 6.33. The van der Waals surface area contributed by atoms with Crippen molar-refractivity contribution in [2.24, 2.45) is 0 Å². The van der Waals surface area contributed by atoms with Gasteiger partial charge in [-0.15, -0.1) is 0 Å². The summed E-state index contributed by atoms with van der Waals surface area (Å²) in [4.78, 5) is 28.9. The van der Waals surface area contributed by atoms with Gasteiger partial charge in [0.1, 0.15) is 28.2 Å². The molecule has 0 spiro atoms. The monoisotopic (exact) mass is 650 g/mol. The normalized spacial score (nSPS) is 16.5. The van der Waals surface area contributed by atoms with Crippen molar-refractivity contribution in [2.75, 3.05) is 46.0 Å². The molecule has 0 radical (unpaired) electrons. The van der Waals surface area contributed by atoms with Gasteiger partial charge in [-0.25, -0.2) is 9.18 Å². The Bertz CT molecular complexity index is 1590. The Morgan fingerprint density at radius 1 is 1.09 bits per heavy atom. The summed E-state index contributed by atoms with van der Waals surface area (Å²) < 4.78 is 32.9. The highest BCUT2D eigenvalue weighted by molar-refractivity contribution is 8.26. The van der Waals surface area contributed by atoms with Gasteiger partial charge in [0.15, 0.2) is 0 Å². The second-order valence-corrected chi connectivity index (χ2v) is 12.6. The molecular weight excluding hydrogens is 616 g/mol. The molecule has 2 fully saturated rings. The van der Waals surface area contributed by atoms with E-state index in [0.29, 0.717) is 70.2 Å². The van der Waals surface area contributed by atoms with E-state index >= 15 is 4.39 Å². The Morgan fingerprint density at radius 2 is 1.84 bits per heavy atom. The minimum Gasteiger partial charge on any atom is -0.492 e. The molecule has 5 rings (SSSR count). The summed E-state index contributed by atoms with van der Waals surface area (Å²) in [5.41, 5.74) is 2.78. The van der Waals surface area contributed by atoms with Crippen LogP contribution in [0.1, 0.15) is 35.3 Å². The van der Waals surface area contributed by atoms with Crippen LogP contribution >= 0.6 is 24.0 Å². The van der Waals surface area contributed by atoms with Gasteiger partial charge >= 0.3 is 5.97 Å². The molecule has 1 N–H and O–H groups in total. The van der Waals surface area contributed by atoms with Crippen LogP contribution in [-0.2, 0) is 16.0 Å². The van der Waals surface area contributed by atoms with Crippen molar-refractivity contribution in [1.82, 2.24) is 9.80 Å². The fraction of sp³-hybridized carbons (Fsp3) is 0.324. The third-order valence-electron chi connectivity index (χ3n) is 7.39. The maximum Gasteiger partial charge on any atom is 0.335 e. The van der Waals surface area contributed by atoms with Crippen LogP contribution < -0.4 is 9.47 Å². The number of carboxylic acids is 1. The molecule has 0 aromatic heterocycles. The summed E-state index contributed by atoms with van der Waals surface area (Å²) in [5.74, 6) is -0.593. The molecule has 236 valence electrons. The summed E-state index contributed by atoms with van der Waals surface area (Å²) in [7, 11) is 0. The van der Waals surface area contributed by atoms with Crippen molar-refractivity contribution in [2.45, 2.75) is 26.4 Å². The SMILES string of the molecule is CC(C)Oc1ccc(-c2ccc(OCCN3CCOCC3)c(C=C3SC(=S)N(CCc4ccc(C(=O)O)cc4)C3=O)c2)c(F)c1. The summed E-state index contributed by atoms with van der Waals surface area (Å²) in [6, 6.07) is 16.8. The number of hydrogen-bond donors (Lipinski definition) is 1. The number of amides is 1. The Hall–Kier alpha value is -3.77. The van der Waals surface area contributed by atoms with Crippen LogP contribution in [0.15, 0.2) is 65.6 Å². The molecule has 1 amide bonds. The number of thioether (sulfide) groups is 1. The van der Waals surface area contributed by atoms with E-state index in [1.165, 1.54) is 17.8 Å². The Morgan fingerprint density at radius 3 is 2.53 bits per heavy atom. The van der Waals surface area contributed by atoms with Gasteiger partial charge in [0.25, 0.3) is 5.91 Å². The summed E-state index contributed by atoms with van der Waals surface area (Å²) in [6.45, 7) is 8.38. The van der Waals surface area contributed by atoms with Crippen molar-refractivity contribution in [3.05, 3.63) is 88.1 Å². The van der Waals surface area contributed by atoms with Crippen LogP contribution in [0.3, 0.4) is 0 Å². The van der Waals surface area contributed by atoms with Gasteiger partial charge in [-0.3, -0.25) is 14.6 Å². The molecule has 0 bridgehead atoms. The van der Waals surface area contributed by atoms with Gasteiger partial charge in [0.05, 0.1) is 29.8 Å². The lowest BCUT2D eigenvalue weighted by atomic mass is 10.0. The van der Waals surface area contributed by atoms with E-state index in [-0.39, 0.29) is 17.6 Å². The van der Waals surface area contributed by atoms with Crippen LogP contribution in [0.4, 0.5) is 4.39 Å². The van der Waals surface area contributed by atoms with E-state index in [2.05, 4.69) is 4.90 Å². The number of carboxylic acid groups (broad SMARTS) is 1. The first-order valence-corrected chi connectivity index (χ1v) is 16.0. The highest BCUT2D eigenvalue weighted by Crippen LogP contribution is 2.37. The molecule has 0 aliphatic carbocycles. The van der Waals surface area contributed by atoms with Gasteiger partial charge in [-0.1, -0.05) is 42.2 Å². The molecule has 2 heterocycles. The molecule has 3 aromatic carbocycles. The number of nitrogens with zero attached hydrogens (tertiary/aromatic N) is 2. The predicted octanol–water partition coefficient (Wildman–Crippen LogP) is 6.13.